The number of piperidine rings is 2. The van der Waals surface area contributed by atoms with Gasteiger partial charge >= 0.3 is 6.09 Å². The molecule has 2 heterocycles. The highest BCUT2D eigenvalue weighted by molar-refractivity contribution is 14.1. The van der Waals surface area contributed by atoms with Crippen molar-refractivity contribution in [3.8, 4) is 0 Å². The zero-order valence-corrected chi connectivity index (χ0v) is 13.1. The topological polar surface area (TPSA) is 29.5 Å². The highest BCUT2D eigenvalue weighted by Gasteiger charge is 2.41. The van der Waals surface area contributed by atoms with Gasteiger partial charge in [-0.2, -0.15) is 0 Å². The number of nitrogens with zero attached hydrogens (tertiary/aromatic N) is 1. The monoisotopic (exact) mass is 351 g/mol. The molecular weight excluding hydrogens is 329 g/mol. The lowest BCUT2D eigenvalue weighted by Crippen LogP contribution is -2.56. The smallest absolute Gasteiger partial charge is 0.410 e. The zero-order chi connectivity index (χ0) is 12.6. The summed E-state index contributed by atoms with van der Waals surface area (Å²) in [6.07, 6.45) is 5.73. The molecule has 0 radical (unpaired) electrons. The Labute approximate surface area is 117 Å². The molecule has 98 valence electrons. The fraction of sp³-hybridized carbons (Fsp3) is 0.923. The van der Waals surface area contributed by atoms with E-state index in [-0.39, 0.29) is 11.7 Å². The maximum atomic E-state index is 12.2. The second-order valence-electron chi connectivity index (χ2n) is 6.19. The highest BCUT2D eigenvalue weighted by Crippen LogP contribution is 2.37. The lowest BCUT2D eigenvalue weighted by atomic mass is 9.85. The minimum atomic E-state index is -0.382. The van der Waals surface area contributed by atoms with Gasteiger partial charge in [-0.25, -0.2) is 4.79 Å². The summed E-state index contributed by atoms with van der Waals surface area (Å²) >= 11 is 2.53. The van der Waals surface area contributed by atoms with Gasteiger partial charge < -0.3 is 9.64 Å². The Hall–Kier alpha value is 0. The Balaban J connectivity index is 2.07. The molecule has 0 N–H and O–H groups in total. The minimum Gasteiger partial charge on any atom is -0.444 e. The summed E-state index contributed by atoms with van der Waals surface area (Å²) in [7, 11) is 0. The SMILES string of the molecule is CC(C)(C)OC(=O)N1C2CCCC1CC(I)C2. The van der Waals surface area contributed by atoms with Gasteiger partial charge in [0.25, 0.3) is 0 Å². The first kappa shape index (κ1) is 13.4. The predicted octanol–water partition coefficient (Wildman–Crippen LogP) is 3.74. The van der Waals surface area contributed by atoms with Crippen LogP contribution in [0.15, 0.2) is 0 Å². The van der Waals surface area contributed by atoms with Crippen LogP contribution in [0.1, 0.15) is 52.9 Å². The lowest BCUT2D eigenvalue weighted by Gasteiger charge is -2.47. The fourth-order valence-corrected chi connectivity index (χ4v) is 4.10. The fourth-order valence-electron chi connectivity index (χ4n) is 2.93. The second kappa shape index (κ2) is 4.94. The van der Waals surface area contributed by atoms with Crippen molar-refractivity contribution < 1.29 is 9.53 Å². The molecule has 0 aromatic carbocycles. The van der Waals surface area contributed by atoms with Gasteiger partial charge in [-0.05, 0) is 52.9 Å². The molecule has 2 atom stereocenters. The molecule has 3 nitrogen and oxygen atoms in total. The molecule has 2 saturated heterocycles. The molecule has 2 fully saturated rings. The van der Waals surface area contributed by atoms with E-state index in [1.54, 1.807) is 0 Å². The number of carbonyl (C=O) groups excluding carboxylic acids is 1. The van der Waals surface area contributed by atoms with E-state index in [0.717, 1.165) is 29.6 Å². The Kier molecular flexibility index (Phi) is 3.90. The van der Waals surface area contributed by atoms with Crippen molar-refractivity contribution in [3.05, 3.63) is 0 Å². The van der Waals surface area contributed by atoms with Crippen molar-refractivity contribution in [2.24, 2.45) is 0 Å². The number of amides is 1. The van der Waals surface area contributed by atoms with Gasteiger partial charge in [0.05, 0.1) is 0 Å². The molecule has 2 aliphatic rings. The van der Waals surface area contributed by atoms with Crippen LogP contribution in [0, 0.1) is 0 Å². The molecular formula is C13H22INO2. The molecule has 0 spiro atoms. The highest BCUT2D eigenvalue weighted by atomic mass is 127. The van der Waals surface area contributed by atoms with Crippen molar-refractivity contribution >= 4 is 28.7 Å². The van der Waals surface area contributed by atoms with Gasteiger partial charge in [0.2, 0.25) is 0 Å². The van der Waals surface area contributed by atoms with E-state index >= 15 is 0 Å². The summed E-state index contributed by atoms with van der Waals surface area (Å²) in [5, 5.41) is 0. The number of fused-ring (bicyclic) bond motifs is 2. The Morgan fingerprint density at radius 3 is 2.24 bits per heavy atom. The van der Waals surface area contributed by atoms with Crippen LogP contribution in [-0.4, -0.2) is 32.6 Å². The molecule has 17 heavy (non-hydrogen) atoms. The quantitative estimate of drug-likeness (QED) is 0.492. The molecule has 4 heteroatoms. The third-order valence-electron chi connectivity index (χ3n) is 3.52. The van der Waals surface area contributed by atoms with Crippen molar-refractivity contribution in [3.63, 3.8) is 0 Å². The molecule has 2 bridgehead atoms. The summed E-state index contributed by atoms with van der Waals surface area (Å²) in [4.78, 5) is 14.3. The average molecular weight is 351 g/mol. The first-order valence-electron chi connectivity index (χ1n) is 6.52. The second-order valence-corrected chi connectivity index (χ2v) is 7.96. The van der Waals surface area contributed by atoms with Crippen molar-refractivity contribution in [1.82, 2.24) is 4.90 Å². The van der Waals surface area contributed by atoms with E-state index in [0.29, 0.717) is 12.1 Å². The van der Waals surface area contributed by atoms with Gasteiger partial charge in [0.1, 0.15) is 5.60 Å². The first-order valence-corrected chi connectivity index (χ1v) is 7.77. The first-order chi connectivity index (χ1) is 7.87. The summed E-state index contributed by atoms with van der Waals surface area (Å²) in [6, 6.07) is 0.832. The molecule has 0 aromatic rings. The van der Waals surface area contributed by atoms with Crippen molar-refractivity contribution in [2.45, 2.75) is 74.5 Å². The van der Waals surface area contributed by atoms with Crippen LogP contribution in [-0.2, 0) is 4.74 Å². The number of alkyl halides is 1. The number of hydrogen-bond acceptors (Lipinski definition) is 2. The number of rotatable bonds is 0. The van der Waals surface area contributed by atoms with Gasteiger partial charge in [0.15, 0.2) is 0 Å². The number of ether oxygens (including phenoxy) is 1. The summed E-state index contributed by atoms with van der Waals surface area (Å²) in [5.74, 6) is 0. The minimum absolute atomic E-state index is 0.101. The predicted molar refractivity (Wildman–Crippen MR) is 76.5 cm³/mol. The third kappa shape index (κ3) is 3.26. The molecule has 2 aliphatic heterocycles. The van der Waals surface area contributed by atoms with Crippen LogP contribution in [0.5, 0.6) is 0 Å². The number of carbonyl (C=O) groups is 1. The maximum Gasteiger partial charge on any atom is 0.410 e. The largest absolute Gasteiger partial charge is 0.444 e. The molecule has 0 saturated carbocycles. The van der Waals surface area contributed by atoms with Crippen LogP contribution >= 0.6 is 22.6 Å². The normalized spacial score (nSPS) is 33.4. The Bertz CT molecular complexity index is 286. The maximum absolute atomic E-state index is 12.2. The molecule has 0 aliphatic carbocycles. The molecule has 2 rings (SSSR count). The lowest BCUT2D eigenvalue weighted by molar-refractivity contribution is -0.0163. The van der Waals surface area contributed by atoms with Gasteiger partial charge in [0, 0.05) is 16.0 Å². The Morgan fingerprint density at radius 1 is 1.24 bits per heavy atom. The van der Waals surface area contributed by atoms with Crippen LogP contribution in [0.2, 0.25) is 0 Å². The standard InChI is InChI=1S/C13H22INO2/c1-13(2,3)17-12(16)15-10-5-4-6-11(15)8-9(14)7-10/h9-11H,4-8H2,1-3H3. The van der Waals surface area contributed by atoms with E-state index in [4.69, 9.17) is 4.74 Å². The van der Waals surface area contributed by atoms with Crippen LogP contribution in [0.4, 0.5) is 4.79 Å². The molecule has 0 aromatic heterocycles. The van der Waals surface area contributed by atoms with Crippen LogP contribution in [0.25, 0.3) is 0 Å². The number of hydrogen-bond donors (Lipinski definition) is 0. The zero-order valence-electron chi connectivity index (χ0n) is 10.9. The molecule has 1 amide bonds. The van der Waals surface area contributed by atoms with Gasteiger partial charge in [-0.15, -0.1) is 0 Å². The number of halogens is 1. The van der Waals surface area contributed by atoms with Gasteiger partial charge in [-0.1, -0.05) is 22.6 Å². The van der Waals surface area contributed by atoms with Crippen LogP contribution in [0.3, 0.4) is 0 Å². The van der Waals surface area contributed by atoms with E-state index < -0.39 is 0 Å². The Morgan fingerprint density at radius 2 is 1.76 bits per heavy atom. The van der Waals surface area contributed by atoms with E-state index in [1.807, 2.05) is 25.7 Å². The van der Waals surface area contributed by atoms with Gasteiger partial charge in [-0.3, -0.25) is 0 Å². The summed E-state index contributed by atoms with van der Waals surface area (Å²) in [5.41, 5.74) is -0.382. The van der Waals surface area contributed by atoms with E-state index in [9.17, 15) is 4.79 Å². The van der Waals surface area contributed by atoms with Crippen molar-refractivity contribution in [1.29, 1.82) is 0 Å². The average Bonchev–Trinajstić information content (AvgIpc) is 2.12. The molecule has 2 unspecified atom stereocenters. The summed E-state index contributed by atoms with van der Waals surface area (Å²) in [6.45, 7) is 5.81. The third-order valence-corrected chi connectivity index (χ3v) is 4.54. The summed E-state index contributed by atoms with van der Waals surface area (Å²) < 4.78 is 6.26. The van der Waals surface area contributed by atoms with E-state index in [2.05, 4.69) is 22.6 Å². The van der Waals surface area contributed by atoms with Crippen molar-refractivity contribution in [2.75, 3.05) is 0 Å². The van der Waals surface area contributed by atoms with Crippen LogP contribution < -0.4 is 0 Å². The van der Waals surface area contributed by atoms with E-state index in [1.165, 1.54) is 6.42 Å².